The predicted molar refractivity (Wildman–Crippen MR) is 105 cm³/mol. The number of fused-ring (bicyclic) bond motifs is 11. The Morgan fingerprint density at radius 3 is 2.06 bits per heavy atom. The van der Waals surface area contributed by atoms with E-state index in [4.69, 9.17) is 18.9 Å². The van der Waals surface area contributed by atoms with Crippen molar-refractivity contribution in [2.45, 2.75) is 43.1 Å². The highest BCUT2D eigenvalue weighted by atomic mass is 16.6. The van der Waals surface area contributed by atoms with Crippen molar-refractivity contribution < 1.29 is 33.3 Å². The van der Waals surface area contributed by atoms with Crippen LogP contribution in [0.4, 0.5) is 4.79 Å². The first-order valence-corrected chi connectivity index (χ1v) is 11.0. The second kappa shape index (κ2) is 5.32. The number of rotatable bonds is 2. The molecule has 0 radical (unpaired) electrons. The zero-order valence-corrected chi connectivity index (χ0v) is 16.8. The first-order valence-electron chi connectivity index (χ1n) is 11.0. The van der Waals surface area contributed by atoms with E-state index in [-0.39, 0.29) is 30.7 Å². The molecule has 1 aromatic rings. The minimum atomic E-state index is -1.25. The van der Waals surface area contributed by atoms with E-state index in [2.05, 4.69) is 0 Å². The summed E-state index contributed by atoms with van der Waals surface area (Å²) in [6, 6.07) is 8.28. The Kier molecular flexibility index (Phi) is 2.92. The summed E-state index contributed by atoms with van der Waals surface area (Å²) in [6.07, 6.45) is 5.57. The summed E-state index contributed by atoms with van der Waals surface area (Å²) < 4.78 is 23.3. The van der Waals surface area contributed by atoms with Crippen LogP contribution in [0, 0.1) is 22.7 Å². The van der Waals surface area contributed by atoms with E-state index in [1.807, 2.05) is 54.6 Å². The van der Waals surface area contributed by atoms with Crippen LogP contribution >= 0.6 is 0 Å². The first kappa shape index (κ1) is 17.6. The van der Waals surface area contributed by atoms with Crippen LogP contribution in [-0.4, -0.2) is 59.4 Å². The highest BCUT2D eigenvalue weighted by molar-refractivity contribution is 6.07. The molecular weight excluding hydrogens is 414 g/mol. The maximum atomic E-state index is 13.6. The van der Waals surface area contributed by atoms with Crippen LogP contribution in [0.25, 0.3) is 0 Å². The summed E-state index contributed by atoms with van der Waals surface area (Å²) >= 11 is 0. The van der Waals surface area contributed by atoms with Crippen LogP contribution in [0.15, 0.2) is 54.6 Å². The van der Waals surface area contributed by atoms with Crippen molar-refractivity contribution in [3.63, 3.8) is 0 Å². The lowest BCUT2D eigenvalue weighted by Gasteiger charge is -2.45. The third kappa shape index (κ3) is 1.54. The molecule has 10 atom stereocenters. The van der Waals surface area contributed by atoms with E-state index < -0.39 is 53.2 Å². The van der Waals surface area contributed by atoms with Crippen LogP contribution in [0.2, 0.25) is 0 Å². The van der Waals surface area contributed by atoms with Gasteiger partial charge in [0, 0.05) is 11.8 Å². The molecule has 32 heavy (non-hydrogen) atoms. The van der Waals surface area contributed by atoms with Crippen molar-refractivity contribution in [3.8, 4) is 0 Å². The van der Waals surface area contributed by atoms with Gasteiger partial charge in [0.2, 0.25) is 0 Å². The fourth-order valence-electron chi connectivity index (χ4n) is 8.09. The molecule has 0 N–H and O–H groups in total. The molecule has 8 heteroatoms. The zero-order chi connectivity index (χ0) is 21.4. The van der Waals surface area contributed by atoms with Gasteiger partial charge in [-0.2, -0.15) is 0 Å². The number of ether oxygens (including phenoxy) is 4. The monoisotopic (exact) mass is 433 g/mol. The molecule has 7 aliphatic heterocycles. The fourth-order valence-corrected chi connectivity index (χ4v) is 8.09. The minimum Gasteiger partial charge on any atom is -0.445 e. The van der Waals surface area contributed by atoms with Gasteiger partial charge in [-0.25, -0.2) is 4.79 Å². The largest absolute Gasteiger partial charge is 0.445 e. The summed E-state index contributed by atoms with van der Waals surface area (Å²) in [5, 5.41) is 0. The third-order valence-electron chi connectivity index (χ3n) is 8.88. The van der Waals surface area contributed by atoms with E-state index in [0.29, 0.717) is 0 Å². The van der Waals surface area contributed by atoms with Gasteiger partial charge in [0.15, 0.2) is 0 Å². The number of amides is 1. The quantitative estimate of drug-likeness (QED) is 0.395. The van der Waals surface area contributed by atoms with Crippen LogP contribution in [0.3, 0.4) is 0 Å². The third-order valence-corrected chi connectivity index (χ3v) is 8.88. The molecule has 2 unspecified atom stereocenters. The fraction of sp³-hybridized carbons (Fsp3) is 0.458. The zero-order valence-electron chi connectivity index (χ0n) is 16.8. The molecule has 5 fully saturated rings. The minimum absolute atomic E-state index is 0.109. The summed E-state index contributed by atoms with van der Waals surface area (Å²) in [4.78, 5) is 42.0. The molecule has 0 aromatic heterocycles. The number of hydrogen-bond donors (Lipinski definition) is 0. The molecule has 0 aliphatic carbocycles. The van der Waals surface area contributed by atoms with E-state index in [1.54, 1.807) is 4.90 Å². The summed E-state index contributed by atoms with van der Waals surface area (Å²) in [5.41, 5.74) is -1.62. The lowest BCUT2D eigenvalue weighted by atomic mass is 9.47. The van der Waals surface area contributed by atoms with Crippen molar-refractivity contribution in [2.24, 2.45) is 22.7 Å². The van der Waals surface area contributed by atoms with E-state index in [1.165, 1.54) is 0 Å². The molecule has 162 valence electrons. The molecule has 0 saturated carbocycles. The Morgan fingerprint density at radius 2 is 1.47 bits per heavy atom. The normalized spacial score (nSPS) is 49.6. The number of hydrogen-bond acceptors (Lipinski definition) is 7. The van der Waals surface area contributed by atoms with Gasteiger partial charge in [-0.05, 0) is 5.56 Å². The van der Waals surface area contributed by atoms with Gasteiger partial charge in [0.05, 0.1) is 36.5 Å². The van der Waals surface area contributed by atoms with E-state index >= 15 is 0 Å². The molecule has 8 rings (SSSR count). The van der Waals surface area contributed by atoms with Crippen LogP contribution < -0.4 is 0 Å². The van der Waals surface area contributed by atoms with Crippen molar-refractivity contribution in [3.05, 3.63) is 60.2 Å². The van der Waals surface area contributed by atoms with Crippen molar-refractivity contribution >= 4 is 18.0 Å². The Bertz CT molecular complexity index is 1100. The van der Waals surface area contributed by atoms with E-state index in [0.717, 1.165) is 5.56 Å². The Morgan fingerprint density at radius 1 is 0.875 bits per heavy atom. The van der Waals surface area contributed by atoms with Gasteiger partial charge in [-0.15, -0.1) is 0 Å². The molecule has 1 aromatic carbocycles. The summed E-state index contributed by atoms with van der Waals surface area (Å²) in [6.45, 7) is 0.118. The molecule has 8 nitrogen and oxygen atoms in total. The van der Waals surface area contributed by atoms with Crippen molar-refractivity contribution in [1.82, 2.24) is 4.90 Å². The number of carbonyl (C=O) groups is 3. The van der Waals surface area contributed by atoms with Crippen LogP contribution in [-0.2, 0) is 35.1 Å². The highest BCUT2D eigenvalue weighted by Crippen LogP contribution is 2.78. The lowest BCUT2D eigenvalue weighted by molar-refractivity contribution is -0.163. The SMILES string of the molecule is O=C(OCc1ccccc1)N1[C@H]2C3C([C@@H]4C=C[C@H]3O4)[C@@H]1[C@]13C(=O)OC(=O)[C@]21[C@@H]1C=C[C@H]3O1. The maximum absolute atomic E-state index is 13.6. The average Bonchev–Trinajstić information content (AvgIpc) is 3.62. The second-order valence-electron chi connectivity index (χ2n) is 9.72. The summed E-state index contributed by atoms with van der Waals surface area (Å²) in [5.74, 6) is -1.39. The van der Waals surface area contributed by atoms with Gasteiger partial charge >= 0.3 is 18.0 Å². The van der Waals surface area contributed by atoms with Crippen molar-refractivity contribution in [1.29, 1.82) is 0 Å². The van der Waals surface area contributed by atoms with Gasteiger partial charge in [-0.3, -0.25) is 14.5 Å². The maximum Gasteiger partial charge on any atom is 0.410 e. The van der Waals surface area contributed by atoms with Gasteiger partial charge in [0.25, 0.3) is 0 Å². The number of benzene rings is 1. The van der Waals surface area contributed by atoms with Gasteiger partial charge in [0.1, 0.15) is 17.4 Å². The molecule has 5 saturated heterocycles. The summed E-state index contributed by atoms with van der Waals surface area (Å²) in [7, 11) is 0. The molecule has 0 spiro atoms. The Balaban J connectivity index is 1.27. The van der Waals surface area contributed by atoms with Crippen molar-refractivity contribution in [2.75, 3.05) is 0 Å². The predicted octanol–water partition coefficient (Wildman–Crippen LogP) is 1.35. The average molecular weight is 433 g/mol. The highest BCUT2D eigenvalue weighted by Gasteiger charge is 2.95. The molecule has 7 heterocycles. The second-order valence-corrected chi connectivity index (χ2v) is 9.72. The topological polar surface area (TPSA) is 91.4 Å². The number of nitrogens with zero attached hydrogens (tertiary/aromatic N) is 1. The van der Waals surface area contributed by atoms with E-state index in [9.17, 15) is 14.4 Å². The van der Waals surface area contributed by atoms with Crippen LogP contribution in [0.1, 0.15) is 5.56 Å². The Hall–Kier alpha value is -2.97. The standard InChI is InChI=1S/C24H19NO7/c26-20-23-14-8-9-15(31-14)24(23,21(27)32-20)19-17-13-7-6-12(30-13)16(17)18(23)25(19)22(28)29-10-11-4-2-1-3-5-11/h1-9,12-19H,10H2/t12-,13+,14+,15-,16?,17?,18+,19-,23+,24-. The lowest BCUT2D eigenvalue weighted by Crippen LogP contribution is -2.63. The molecule has 6 bridgehead atoms. The number of cyclic esters (lactones) is 2. The molecule has 1 amide bonds. The van der Waals surface area contributed by atoms with Crippen LogP contribution in [0.5, 0.6) is 0 Å². The van der Waals surface area contributed by atoms with Gasteiger partial charge in [-0.1, -0.05) is 54.6 Å². The van der Waals surface area contributed by atoms with Gasteiger partial charge < -0.3 is 18.9 Å². The first-order chi connectivity index (χ1) is 15.6. The molecule has 7 aliphatic rings. The smallest absolute Gasteiger partial charge is 0.410 e. The number of carbonyl (C=O) groups excluding carboxylic acids is 3. The molecular formula is C24H19NO7. The number of esters is 2. The Labute approximate surface area is 182 Å².